The van der Waals surface area contributed by atoms with E-state index in [1.807, 2.05) is 36.0 Å². The van der Waals surface area contributed by atoms with E-state index in [9.17, 15) is 0 Å². The summed E-state index contributed by atoms with van der Waals surface area (Å²) in [4.78, 5) is 0. The van der Waals surface area contributed by atoms with E-state index in [-0.39, 0.29) is 19.0 Å². The lowest BCUT2D eigenvalue weighted by molar-refractivity contribution is -0.698. The van der Waals surface area contributed by atoms with Crippen molar-refractivity contribution in [3.63, 3.8) is 0 Å². The Labute approximate surface area is 72.9 Å². The lowest BCUT2D eigenvalue weighted by atomic mass is 10.3. The van der Waals surface area contributed by atoms with Gasteiger partial charge in [0, 0.05) is 12.1 Å². The van der Waals surface area contributed by atoms with E-state index >= 15 is 0 Å². The summed E-state index contributed by atoms with van der Waals surface area (Å²) in [5, 5.41) is 8.57. The molecule has 11 heavy (non-hydrogen) atoms. The molecule has 0 unspecified atom stereocenters. The average Bonchev–Trinajstić information content (AvgIpc) is 1.95. The highest BCUT2D eigenvalue weighted by Crippen LogP contribution is 1.88. The molecule has 62 valence electrons. The molecule has 0 aliphatic carbocycles. The van der Waals surface area contributed by atoms with E-state index in [2.05, 4.69) is 0 Å². The Bertz CT molecular complexity index is 198. The van der Waals surface area contributed by atoms with E-state index in [1.54, 1.807) is 0 Å². The van der Waals surface area contributed by atoms with Gasteiger partial charge in [0.15, 0.2) is 18.9 Å². The van der Waals surface area contributed by atoms with Gasteiger partial charge in [0.1, 0.15) is 6.61 Å². The van der Waals surface area contributed by atoms with Crippen molar-refractivity contribution in [3.05, 3.63) is 30.1 Å². The lowest BCUT2D eigenvalue weighted by Crippen LogP contribution is -3.00. The summed E-state index contributed by atoms with van der Waals surface area (Å²) in [6.45, 7) is 2.93. The van der Waals surface area contributed by atoms with Crippen LogP contribution in [-0.2, 0) is 6.54 Å². The van der Waals surface area contributed by atoms with E-state index in [0.717, 1.165) is 0 Å². The quantitative estimate of drug-likeness (QED) is 0.483. The minimum absolute atomic E-state index is 0. The van der Waals surface area contributed by atoms with E-state index < -0.39 is 0 Å². The maximum Gasteiger partial charge on any atom is 0.171 e. The molecule has 0 radical (unpaired) electrons. The minimum atomic E-state index is 0. The van der Waals surface area contributed by atoms with Crippen LogP contribution < -0.4 is 17.0 Å². The number of aryl methyl sites for hydroxylation is 1. The molecular formula is C8H12ClNO. The first-order valence-corrected chi connectivity index (χ1v) is 3.39. The van der Waals surface area contributed by atoms with Crippen LogP contribution in [0.5, 0.6) is 0 Å². The molecule has 0 saturated heterocycles. The number of pyridine rings is 1. The van der Waals surface area contributed by atoms with Gasteiger partial charge in [0.2, 0.25) is 0 Å². The summed E-state index contributed by atoms with van der Waals surface area (Å²) < 4.78 is 1.95. The van der Waals surface area contributed by atoms with Crippen LogP contribution in [0.15, 0.2) is 24.5 Å². The van der Waals surface area contributed by atoms with Gasteiger partial charge in [0.25, 0.3) is 0 Å². The minimum Gasteiger partial charge on any atom is -1.00 e. The molecule has 0 spiro atoms. The second-order valence-electron chi connectivity index (χ2n) is 2.34. The predicted molar refractivity (Wildman–Crippen MR) is 38.5 cm³/mol. The highest BCUT2D eigenvalue weighted by Gasteiger charge is 1.94. The number of halogens is 1. The maximum absolute atomic E-state index is 8.57. The van der Waals surface area contributed by atoms with Crippen LogP contribution in [0.25, 0.3) is 0 Å². The first-order valence-electron chi connectivity index (χ1n) is 3.39. The number of hydrogen-bond acceptors (Lipinski definition) is 1. The summed E-state index contributed by atoms with van der Waals surface area (Å²) in [5.74, 6) is 0. The van der Waals surface area contributed by atoms with Crippen LogP contribution in [0.4, 0.5) is 0 Å². The third-order valence-corrected chi connectivity index (χ3v) is 1.42. The van der Waals surface area contributed by atoms with Crippen LogP contribution in [0.1, 0.15) is 5.56 Å². The molecule has 0 atom stereocenters. The zero-order valence-electron chi connectivity index (χ0n) is 6.50. The van der Waals surface area contributed by atoms with Crippen LogP contribution in [0.3, 0.4) is 0 Å². The topological polar surface area (TPSA) is 24.1 Å². The summed E-state index contributed by atoms with van der Waals surface area (Å²) >= 11 is 0. The standard InChI is InChI=1S/C8H12NO.ClH/c1-8-2-4-9(5-3-8)6-7-10;/h2-5,10H,6-7H2,1H3;1H/q+1;/p-1. The summed E-state index contributed by atoms with van der Waals surface area (Å²) in [6.07, 6.45) is 3.93. The zero-order chi connectivity index (χ0) is 7.40. The van der Waals surface area contributed by atoms with Crippen molar-refractivity contribution in [1.82, 2.24) is 0 Å². The van der Waals surface area contributed by atoms with Gasteiger partial charge >= 0.3 is 0 Å². The molecule has 1 N–H and O–H groups in total. The molecule has 1 heterocycles. The average molecular weight is 174 g/mol. The Morgan fingerprint density at radius 3 is 2.36 bits per heavy atom. The van der Waals surface area contributed by atoms with Gasteiger partial charge in [-0.15, -0.1) is 0 Å². The second kappa shape index (κ2) is 5.10. The predicted octanol–water partition coefficient (Wildman–Crippen LogP) is -2.72. The van der Waals surface area contributed by atoms with Crippen LogP contribution in [-0.4, -0.2) is 11.7 Å². The van der Waals surface area contributed by atoms with Crippen molar-refractivity contribution < 1.29 is 22.1 Å². The Balaban J connectivity index is 0.000001000. The smallest absolute Gasteiger partial charge is 0.171 e. The molecule has 0 bridgehead atoms. The van der Waals surface area contributed by atoms with E-state index in [4.69, 9.17) is 5.11 Å². The van der Waals surface area contributed by atoms with Crippen molar-refractivity contribution in [2.24, 2.45) is 0 Å². The van der Waals surface area contributed by atoms with Crippen molar-refractivity contribution >= 4 is 0 Å². The molecule has 0 aromatic carbocycles. The number of hydrogen-bond donors (Lipinski definition) is 1. The molecule has 0 saturated carbocycles. The largest absolute Gasteiger partial charge is 1.00 e. The molecule has 1 rings (SSSR count). The highest BCUT2D eigenvalue weighted by molar-refractivity contribution is 5.03. The van der Waals surface area contributed by atoms with Gasteiger partial charge in [-0.05, 0) is 12.5 Å². The van der Waals surface area contributed by atoms with Gasteiger partial charge in [-0.3, -0.25) is 0 Å². The molecule has 1 aromatic heterocycles. The van der Waals surface area contributed by atoms with E-state index in [0.29, 0.717) is 6.54 Å². The fourth-order valence-corrected chi connectivity index (χ4v) is 0.796. The number of aliphatic hydroxyl groups is 1. The Hall–Kier alpha value is -0.600. The third-order valence-electron chi connectivity index (χ3n) is 1.42. The normalized spacial score (nSPS) is 8.91. The first kappa shape index (κ1) is 10.4. The Kier molecular flexibility index (Phi) is 4.83. The van der Waals surface area contributed by atoms with E-state index in [1.165, 1.54) is 5.56 Å². The molecule has 0 fully saturated rings. The number of rotatable bonds is 2. The first-order chi connectivity index (χ1) is 4.83. The molecule has 0 aliphatic heterocycles. The molecular weight excluding hydrogens is 162 g/mol. The van der Waals surface area contributed by atoms with Gasteiger partial charge < -0.3 is 17.5 Å². The SMILES string of the molecule is Cc1cc[n+](CCO)cc1.[Cl-]. The number of aromatic nitrogens is 1. The monoisotopic (exact) mass is 173 g/mol. The number of nitrogens with zero attached hydrogens (tertiary/aromatic N) is 1. The van der Waals surface area contributed by atoms with Crippen molar-refractivity contribution in [2.45, 2.75) is 13.5 Å². The lowest BCUT2D eigenvalue weighted by Gasteiger charge is -1.92. The fraction of sp³-hybridized carbons (Fsp3) is 0.375. The van der Waals surface area contributed by atoms with Crippen molar-refractivity contribution in [1.29, 1.82) is 0 Å². The molecule has 0 amide bonds. The van der Waals surface area contributed by atoms with Crippen LogP contribution >= 0.6 is 0 Å². The second-order valence-corrected chi connectivity index (χ2v) is 2.34. The van der Waals surface area contributed by atoms with Gasteiger partial charge in [-0.2, -0.15) is 0 Å². The molecule has 3 heteroatoms. The maximum atomic E-state index is 8.57. The summed E-state index contributed by atoms with van der Waals surface area (Å²) in [7, 11) is 0. The summed E-state index contributed by atoms with van der Waals surface area (Å²) in [5.41, 5.74) is 1.24. The van der Waals surface area contributed by atoms with Crippen LogP contribution in [0, 0.1) is 6.92 Å². The van der Waals surface area contributed by atoms with Gasteiger partial charge in [-0.1, -0.05) is 0 Å². The molecule has 1 aromatic rings. The van der Waals surface area contributed by atoms with Gasteiger partial charge in [0.05, 0.1) is 0 Å². The molecule has 0 aliphatic rings. The third kappa shape index (κ3) is 3.35. The fourth-order valence-electron chi connectivity index (χ4n) is 0.796. The van der Waals surface area contributed by atoms with Crippen LogP contribution in [0.2, 0.25) is 0 Å². The van der Waals surface area contributed by atoms with Gasteiger partial charge in [-0.25, -0.2) is 4.57 Å². The Morgan fingerprint density at radius 2 is 1.91 bits per heavy atom. The van der Waals surface area contributed by atoms with Crippen molar-refractivity contribution in [3.8, 4) is 0 Å². The highest BCUT2D eigenvalue weighted by atomic mass is 35.5. The summed E-state index contributed by atoms with van der Waals surface area (Å²) in [6, 6.07) is 4.05. The molecule has 2 nitrogen and oxygen atoms in total. The zero-order valence-corrected chi connectivity index (χ0v) is 7.25. The Morgan fingerprint density at radius 1 is 1.36 bits per heavy atom. The van der Waals surface area contributed by atoms with Crippen molar-refractivity contribution in [2.75, 3.05) is 6.61 Å². The number of aliphatic hydroxyl groups excluding tert-OH is 1.